The Kier molecular flexibility index (Phi) is 8.19. The zero-order valence-corrected chi connectivity index (χ0v) is 10.8. The summed E-state index contributed by atoms with van der Waals surface area (Å²) in [6.07, 6.45) is 4.03. The molecule has 0 unspecified atom stereocenters. The highest BCUT2D eigenvalue weighted by atomic mass is 16.1. The molecular formula is C11H23N5O. The molecule has 0 saturated carbocycles. The minimum atomic E-state index is -0.597. The number of azide groups is 1. The summed E-state index contributed by atoms with van der Waals surface area (Å²) in [6, 6.07) is 0. The van der Waals surface area contributed by atoms with Crippen LogP contribution in [0.5, 0.6) is 0 Å². The van der Waals surface area contributed by atoms with E-state index in [0.29, 0.717) is 19.5 Å². The highest BCUT2D eigenvalue weighted by Crippen LogP contribution is 2.19. The summed E-state index contributed by atoms with van der Waals surface area (Å²) in [5.41, 5.74) is 13.0. The molecule has 6 nitrogen and oxygen atoms in total. The van der Waals surface area contributed by atoms with Crippen LogP contribution in [0.15, 0.2) is 5.11 Å². The molecular weight excluding hydrogens is 218 g/mol. The second kappa shape index (κ2) is 8.84. The van der Waals surface area contributed by atoms with Crippen LogP contribution in [0.3, 0.4) is 0 Å². The fraction of sp³-hybridized carbons (Fsp3) is 0.909. The van der Waals surface area contributed by atoms with Crippen LogP contribution in [0.2, 0.25) is 0 Å². The van der Waals surface area contributed by atoms with Gasteiger partial charge in [-0.2, -0.15) is 0 Å². The molecule has 0 aliphatic rings. The van der Waals surface area contributed by atoms with Crippen LogP contribution < -0.4 is 11.1 Å². The number of rotatable bonds is 10. The Labute approximate surface area is 103 Å². The van der Waals surface area contributed by atoms with Gasteiger partial charge in [-0.15, -0.1) is 0 Å². The van der Waals surface area contributed by atoms with E-state index in [1.165, 1.54) is 0 Å². The largest absolute Gasteiger partial charge is 0.368 e. The molecule has 0 spiro atoms. The van der Waals surface area contributed by atoms with Gasteiger partial charge in [0.1, 0.15) is 0 Å². The van der Waals surface area contributed by atoms with E-state index in [2.05, 4.69) is 15.3 Å². The average Bonchev–Trinajstić information content (AvgIpc) is 2.29. The van der Waals surface area contributed by atoms with Crippen molar-refractivity contribution in [2.24, 2.45) is 10.8 Å². The smallest absolute Gasteiger partial charge is 0.237 e. The summed E-state index contributed by atoms with van der Waals surface area (Å²) in [4.78, 5) is 14.3. The summed E-state index contributed by atoms with van der Waals surface area (Å²) in [7, 11) is 0. The molecule has 0 saturated heterocycles. The average molecular weight is 241 g/mol. The Morgan fingerprint density at radius 2 is 2.00 bits per heavy atom. The van der Waals surface area contributed by atoms with Crippen LogP contribution in [-0.2, 0) is 4.79 Å². The van der Waals surface area contributed by atoms with Gasteiger partial charge in [0, 0.05) is 11.5 Å². The lowest BCUT2D eigenvalue weighted by molar-refractivity contribution is -0.125. The van der Waals surface area contributed by atoms with E-state index in [-0.39, 0.29) is 5.91 Å². The number of nitrogens with one attached hydrogen (secondary N) is 1. The molecule has 0 aromatic rings. The summed E-state index contributed by atoms with van der Waals surface area (Å²) >= 11 is 0. The van der Waals surface area contributed by atoms with Crippen molar-refractivity contribution < 1.29 is 4.79 Å². The van der Waals surface area contributed by atoms with Gasteiger partial charge in [0.25, 0.3) is 0 Å². The summed E-state index contributed by atoms with van der Waals surface area (Å²) in [5.74, 6) is -0.287. The molecule has 17 heavy (non-hydrogen) atoms. The van der Waals surface area contributed by atoms with E-state index < -0.39 is 5.54 Å². The molecule has 0 aromatic carbocycles. The first-order chi connectivity index (χ1) is 8.13. The van der Waals surface area contributed by atoms with Crippen LogP contribution >= 0.6 is 0 Å². The molecule has 0 aliphatic heterocycles. The van der Waals surface area contributed by atoms with Crippen LogP contribution in [0.4, 0.5) is 0 Å². The van der Waals surface area contributed by atoms with Crippen molar-refractivity contribution in [3.63, 3.8) is 0 Å². The maximum Gasteiger partial charge on any atom is 0.237 e. The molecule has 3 N–H and O–H groups in total. The van der Waals surface area contributed by atoms with E-state index in [0.717, 1.165) is 25.7 Å². The Morgan fingerprint density at radius 3 is 2.41 bits per heavy atom. The van der Waals surface area contributed by atoms with Crippen LogP contribution in [0, 0.1) is 0 Å². The Hall–Kier alpha value is -1.26. The van der Waals surface area contributed by atoms with E-state index in [1.807, 2.05) is 13.8 Å². The number of nitrogens with two attached hydrogens (primary N) is 1. The number of carbonyl (C=O) groups excluding carboxylic acids is 1. The maximum atomic E-state index is 11.6. The van der Waals surface area contributed by atoms with Gasteiger partial charge >= 0.3 is 0 Å². The van der Waals surface area contributed by atoms with E-state index in [9.17, 15) is 4.79 Å². The van der Waals surface area contributed by atoms with Crippen molar-refractivity contribution in [2.45, 2.75) is 51.5 Å². The quantitative estimate of drug-likeness (QED) is 0.264. The second-order valence-electron chi connectivity index (χ2n) is 4.18. The lowest BCUT2D eigenvalue weighted by Crippen LogP contribution is -2.55. The Morgan fingerprint density at radius 1 is 1.41 bits per heavy atom. The molecule has 6 heteroatoms. The third kappa shape index (κ3) is 5.56. The van der Waals surface area contributed by atoms with Gasteiger partial charge in [-0.1, -0.05) is 31.8 Å². The lowest BCUT2D eigenvalue weighted by atomic mass is 9.87. The van der Waals surface area contributed by atoms with Crippen molar-refractivity contribution >= 4 is 5.91 Å². The molecule has 0 bridgehead atoms. The van der Waals surface area contributed by atoms with Crippen molar-refractivity contribution in [3.05, 3.63) is 10.4 Å². The molecule has 0 rings (SSSR count). The first-order valence-electron chi connectivity index (χ1n) is 6.18. The summed E-state index contributed by atoms with van der Waals surface area (Å²) in [6.45, 7) is 5.16. The highest BCUT2D eigenvalue weighted by Gasteiger charge is 2.33. The monoisotopic (exact) mass is 241 g/mol. The molecule has 0 aromatic heterocycles. The summed E-state index contributed by atoms with van der Waals surface area (Å²) < 4.78 is 0. The Balaban J connectivity index is 4.34. The summed E-state index contributed by atoms with van der Waals surface area (Å²) in [5, 5.41) is 6.69. The van der Waals surface area contributed by atoms with Gasteiger partial charge in [0.15, 0.2) is 0 Å². The van der Waals surface area contributed by atoms with Gasteiger partial charge in [-0.05, 0) is 31.3 Å². The molecule has 0 fully saturated rings. The molecule has 0 aliphatic carbocycles. The standard InChI is InChI=1S/C11H23N5O/c1-3-6-11(7-4-2,10(12)17)14-8-5-9-15-16-13/h14H,3-9H2,1-2H3,(H2,12,17). The van der Waals surface area contributed by atoms with Crippen LogP contribution in [0.25, 0.3) is 10.4 Å². The van der Waals surface area contributed by atoms with Crippen molar-refractivity contribution in [3.8, 4) is 0 Å². The van der Waals surface area contributed by atoms with E-state index >= 15 is 0 Å². The molecule has 0 atom stereocenters. The number of nitrogens with zero attached hydrogens (tertiary/aromatic N) is 3. The predicted octanol–water partition coefficient (Wildman–Crippen LogP) is 2.10. The number of hydrogen-bond donors (Lipinski definition) is 2. The van der Waals surface area contributed by atoms with Gasteiger partial charge in [0.2, 0.25) is 5.91 Å². The third-order valence-corrected chi connectivity index (χ3v) is 2.79. The molecule has 0 radical (unpaired) electrons. The zero-order valence-electron chi connectivity index (χ0n) is 10.8. The number of amides is 1. The minimum absolute atomic E-state index is 0.287. The molecule has 1 amide bonds. The topological polar surface area (TPSA) is 104 Å². The zero-order chi connectivity index (χ0) is 13.1. The fourth-order valence-corrected chi connectivity index (χ4v) is 2.01. The van der Waals surface area contributed by atoms with Crippen molar-refractivity contribution in [1.82, 2.24) is 5.32 Å². The highest BCUT2D eigenvalue weighted by molar-refractivity contribution is 5.84. The first kappa shape index (κ1) is 15.7. The second-order valence-corrected chi connectivity index (χ2v) is 4.18. The predicted molar refractivity (Wildman–Crippen MR) is 68.4 cm³/mol. The van der Waals surface area contributed by atoms with Gasteiger partial charge in [-0.25, -0.2) is 0 Å². The Bertz CT molecular complexity index is 267. The lowest BCUT2D eigenvalue weighted by Gasteiger charge is -2.31. The number of carbonyl (C=O) groups is 1. The van der Waals surface area contributed by atoms with Crippen LogP contribution in [-0.4, -0.2) is 24.5 Å². The van der Waals surface area contributed by atoms with Gasteiger partial charge in [0.05, 0.1) is 5.54 Å². The molecule has 98 valence electrons. The molecule has 0 heterocycles. The SMILES string of the molecule is CCCC(CCC)(NCCCN=[N+]=[N-])C(N)=O. The van der Waals surface area contributed by atoms with Crippen molar-refractivity contribution in [1.29, 1.82) is 0 Å². The number of hydrogen-bond acceptors (Lipinski definition) is 3. The van der Waals surface area contributed by atoms with E-state index in [4.69, 9.17) is 11.3 Å². The minimum Gasteiger partial charge on any atom is -0.368 e. The van der Waals surface area contributed by atoms with Crippen LogP contribution in [0.1, 0.15) is 46.0 Å². The normalized spacial score (nSPS) is 10.9. The van der Waals surface area contributed by atoms with E-state index in [1.54, 1.807) is 0 Å². The maximum absolute atomic E-state index is 11.6. The van der Waals surface area contributed by atoms with Crippen molar-refractivity contribution in [2.75, 3.05) is 13.1 Å². The third-order valence-electron chi connectivity index (χ3n) is 2.79. The first-order valence-corrected chi connectivity index (χ1v) is 6.18. The van der Waals surface area contributed by atoms with Gasteiger partial charge in [-0.3, -0.25) is 4.79 Å². The number of primary amides is 1. The fourth-order valence-electron chi connectivity index (χ4n) is 2.01. The van der Waals surface area contributed by atoms with Gasteiger partial charge < -0.3 is 11.1 Å².